The number of aryl methyl sites for hydroxylation is 1. The number of carbonyl (C=O) groups is 3. The molecule has 1 aromatic heterocycles. The van der Waals surface area contributed by atoms with Crippen molar-refractivity contribution in [1.82, 2.24) is 20.0 Å². The highest BCUT2D eigenvalue weighted by molar-refractivity contribution is 5.95. The summed E-state index contributed by atoms with van der Waals surface area (Å²) < 4.78 is 12.8. The molecule has 4 rings (SSSR count). The minimum absolute atomic E-state index is 0.219. The number of nitrogens with one attached hydrogen (secondary N) is 1. The molecule has 0 radical (unpaired) electrons. The third kappa shape index (κ3) is 5.66. The molecule has 0 aliphatic carbocycles. The Kier molecular flexibility index (Phi) is 6.87. The summed E-state index contributed by atoms with van der Waals surface area (Å²) in [6.07, 6.45) is 2.91. The van der Waals surface area contributed by atoms with E-state index in [1.54, 1.807) is 15.8 Å². The minimum atomic E-state index is -0.558. The lowest BCUT2D eigenvalue weighted by Crippen LogP contribution is -2.50. The SMILES string of the molecule is Cn1ncc(C(=O)NCC2OC(=O)CC23CCN(C(=O)OC(C)(C)C)CC3)c1Cc1ccccc1. The van der Waals surface area contributed by atoms with E-state index in [0.29, 0.717) is 44.3 Å². The molecule has 3 heterocycles. The zero-order valence-electron chi connectivity index (χ0n) is 20.9. The van der Waals surface area contributed by atoms with Gasteiger partial charge >= 0.3 is 12.1 Å². The number of nitrogens with zero attached hydrogens (tertiary/aromatic N) is 3. The fourth-order valence-electron chi connectivity index (χ4n) is 4.88. The Morgan fingerprint density at radius 1 is 1.20 bits per heavy atom. The lowest BCUT2D eigenvalue weighted by atomic mass is 9.73. The third-order valence-corrected chi connectivity index (χ3v) is 6.83. The molecule has 2 aliphatic heterocycles. The summed E-state index contributed by atoms with van der Waals surface area (Å²) >= 11 is 0. The van der Waals surface area contributed by atoms with Gasteiger partial charge in [0.25, 0.3) is 5.91 Å². The number of hydrogen-bond donors (Lipinski definition) is 1. The second-order valence-corrected chi connectivity index (χ2v) is 10.5. The van der Waals surface area contributed by atoms with Crippen molar-refractivity contribution in [2.75, 3.05) is 19.6 Å². The standard InChI is InChI=1S/C26H34N4O5/c1-25(2,3)35-24(33)30-12-10-26(11-13-30)15-22(31)34-21(26)17-27-23(32)19-16-28-29(4)20(19)14-18-8-6-5-7-9-18/h5-9,16,21H,10-15,17H2,1-4H3,(H,27,32). The van der Waals surface area contributed by atoms with Crippen molar-refractivity contribution in [3.05, 3.63) is 53.3 Å². The number of benzene rings is 1. The first-order valence-electron chi connectivity index (χ1n) is 12.1. The highest BCUT2D eigenvalue weighted by Gasteiger charge is 2.51. The molecule has 9 nitrogen and oxygen atoms in total. The number of piperidine rings is 1. The topological polar surface area (TPSA) is 103 Å². The number of esters is 1. The molecular weight excluding hydrogens is 448 g/mol. The molecule has 2 amide bonds. The lowest BCUT2D eigenvalue weighted by molar-refractivity contribution is -0.141. The van der Waals surface area contributed by atoms with Gasteiger partial charge in [0.15, 0.2) is 0 Å². The van der Waals surface area contributed by atoms with Crippen molar-refractivity contribution in [3.63, 3.8) is 0 Å². The summed E-state index contributed by atoms with van der Waals surface area (Å²) in [5.41, 5.74) is 1.46. The number of hydrogen-bond acceptors (Lipinski definition) is 6. The van der Waals surface area contributed by atoms with E-state index >= 15 is 0 Å². The molecule has 1 spiro atoms. The van der Waals surface area contributed by atoms with Crippen LogP contribution in [-0.4, -0.2) is 64.0 Å². The fraction of sp³-hybridized carbons (Fsp3) is 0.538. The van der Waals surface area contributed by atoms with Gasteiger partial charge in [-0.25, -0.2) is 4.79 Å². The highest BCUT2D eigenvalue weighted by Crippen LogP contribution is 2.44. The van der Waals surface area contributed by atoms with E-state index in [-0.39, 0.29) is 24.5 Å². The summed E-state index contributed by atoms with van der Waals surface area (Å²) in [5, 5.41) is 7.24. The predicted octanol–water partition coefficient (Wildman–Crippen LogP) is 3.07. The molecule has 2 aliphatic rings. The Morgan fingerprint density at radius 2 is 1.89 bits per heavy atom. The van der Waals surface area contributed by atoms with Crippen LogP contribution in [0.3, 0.4) is 0 Å². The first-order valence-corrected chi connectivity index (χ1v) is 12.1. The Labute approximate surface area is 205 Å². The summed E-state index contributed by atoms with van der Waals surface area (Å²) in [6, 6.07) is 9.91. The number of rotatable bonds is 5. The van der Waals surface area contributed by atoms with Crippen molar-refractivity contribution in [3.8, 4) is 0 Å². The van der Waals surface area contributed by atoms with E-state index in [2.05, 4.69) is 10.4 Å². The Balaban J connectivity index is 1.39. The molecule has 2 aromatic rings. The molecule has 1 unspecified atom stereocenters. The van der Waals surface area contributed by atoms with Gasteiger partial charge in [-0.05, 0) is 39.2 Å². The van der Waals surface area contributed by atoms with Crippen LogP contribution in [0.15, 0.2) is 36.5 Å². The molecule has 35 heavy (non-hydrogen) atoms. The van der Waals surface area contributed by atoms with Gasteiger partial charge in [0.05, 0.1) is 30.4 Å². The number of ether oxygens (including phenoxy) is 2. The molecule has 1 aromatic carbocycles. The average Bonchev–Trinajstić information content (AvgIpc) is 3.31. The van der Waals surface area contributed by atoms with Gasteiger partial charge in [-0.2, -0.15) is 5.10 Å². The fourth-order valence-corrected chi connectivity index (χ4v) is 4.88. The largest absolute Gasteiger partial charge is 0.460 e. The van der Waals surface area contributed by atoms with Crippen LogP contribution in [0, 0.1) is 5.41 Å². The zero-order chi connectivity index (χ0) is 25.2. The van der Waals surface area contributed by atoms with Gasteiger partial charge in [0, 0.05) is 32.0 Å². The summed E-state index contributed by atoms with van der Waals surface area (Å²) in [7, 11) is 1.82. The number of likely N-dealkylation sites (tertiary alicyclic amines) is 1. The summed E-state index contributed by atoms with van der Waals surface area (Å²) in [4.78, 5) is 39.5. The van der Waals surface area contributed by atoms with E-state index in [4.69, 9.17) is 9.47 Å². The van der Waals surface area contributed by atoms with Crippen LogP contribution in [0.4, 0.5) is 4.79 Å². The normalized spacial score (nSPS) is 19.5. The molecule has 2 saturated heterocycles. The third-order valence-electron chi connectivity index (χ3n) is 6.83. The Morgan fingerprint density at radius 3 is 2.54 bits per heavy atom. The second kappa shape index (κ2) is 9.71. The summed E-state index contributed by atoms with van der Waals surface area (Å²) in [6.45, 7) is 6.71. The quantitative estimate of drug-likeness (QED) is 0.657. The lowest BCUT2D eigenvalue weighted by Gasteiger charge is -2.41. The van der Waals surface area contributed by atoms with E-state index in [9.17, 15) is 14.4 Å². The van der Waals surface area contributed by atoms with Gasteiger partial charge in [-0.1, -0.05) is 30.3 Å². The van der Waals surface area contributed by atoms with Gasteiger partial charge < -0.3 is 19.7 Å². The van der Waals surface area contributed by atoms with E-state index < -0.39 is 17.1 Å². The van der Waals surface area contributed by atoms with Crippen molar-refractivity contribution in [1.29, 1.82) is 0 Å². The molecule has 1 atom stereocenters. The molecule has 2 fully saturated rings. The second-order valence-electron chi connectivity index (χ2n) is 10.5. The molecule has 1 N–H and O–H groups in total. The maximum Gasteiger partial charge on any atom is 0.410 e. The van der Waals surface area contributed by atoms with E-state index in [1.807, 2.05) is 58.2 Å². The van der Waals surface area contributed by atoms with Crippen LogP contribution in [0.2, 0.25) is 0 Å². The van der Waals surface area contributed by atoms with Crippen molar-refractivity contribution < 1.29 is 23.9 Å². The van der Waals surface area contributed by atoms with Gasteiger partial charge in [-0.3, -0.25) is 14.3 Å². The first-order chi connectivity index (χ1) is 16.6. The highest BCUT2D eigenvalue weighted by atomic mass is 16.6. The van der Waals surface area contributed by atoms with Crippen LogP contribution in [0.1, 0.15) is 61.6 Å². The minimum Gasteiger partial charge on any atom is -0.460 e. The van der Waals surface area contributed by atoms with Gasteiger partial charge in [-0.15, -0.1) is 0 Å². The predicted molar refractivity (Wildman–Crippen MR) is 129 cm³/mol. The van der Waals surface area contributed by atoms with Gasteiger partial charge in [0.1, 0.15) is 11.7 Å². The monoisotopic (exact) mass is 482 g/mol. The number of amides is 2. The molecular formula is C26H34N4O5. The van der Waals surface area contributed by atoms with Crippen molar-refractivity contribution in [2.45, 2.75) is 58.2 Å². The number of cyclic esters (lactones) is 1. The Bertz CT molecular complexity index is 1080. The van der Waals surface area contributed by atoms with Crippen LogP contribution in [0.5, 0.6) is 0 Å². The summed E-state index contributed by atoms with van der Waals surface area (Å²) in [5.74, 6) is -0.505. The Hall–Kier alpha value is -3.36. The number of carbonyl (C=O) groups excluding carboxylic acids is 3. The van der Waals surface area contributed by atoms with E-state index in [0.717, 1.165) is 11.3 Å². The van der Waals surface area contributed by atoms with Crippen molar-refractivity contribution in [2.24, 2.45) is 12.5 Å². The molecule has 188 valence electrons. The average molecular weight is 483 g/mol. The first kappa shape index (κ1) is 24.8. The van der Waals surface area contributed by atoms with Crippen LogP contribution < -0.4 is 5.32 Å². The molecule has 0 bridgehead atoms. The smallest absolute Gasteiger partial charge is 0.410 e. The number of aromatic nitrogens is 2. The van der Waals surface area contributed by atoms with E-state index in [1.165, 1.54) is 0 Å². The van der Waals surface area contributed by atoms with Crippen LogP contribution in [0.25, 0.3) is 0 Å². The maximum absolute atomic E-state index is 13.1. The van der Waals surface area contributed by atoms with Crippen LogP contribution >= 0.6 is 0 Å². The molecule has 0 saturated carbocycles. The zero-order valence-corrected chi connectivity index (χ0v) is 20.9. The van der Waals surface area contributed by atoms with Gasteiger partial charge in [0.2, 0.25) is 0 Å². The van der Waals surface area contributed by atoms with Crippen molar-refractivity contribution >= 4 is 18.0 Å². The van der Waals surface area contributed by atoms with Crippen LogP contribution in [-0.2, 0) is 27.7 Å². The molecule has 9 heteroatoms. The maximum atomic E-state index is 13.1.